The molecule has 0 radical (unpaired) electrons. The fourth-order valence-electron chi connectivity index (χ4n) is 3.23. The molecule has 0 aliphatic heterocycles. The second kappa shape index (κ2) is 5.96. The fourth-order valence-corrected chi connectivity index (χ4v) is 4.00. The van der Waals surface area contributed by atoms with Gasteiger partial charge in [0.05, 0.1) is 15.9 Å². The number of halogens is 1. The minimum atomic E-state index is 0.226. The average molecular weight is 328 g/mol. The van der Waals surface area contributed by atoms with Gasteiger partial charge in [0.25, 0.3) is 0 Å². The van der Waals surface area contributed by atoms with Crippen molar-refractivity contribution in [3.05, 3.63) is 15.9 Å². The number of nitrogens with zero attached hydrogens (tertiary/aromatic N) is 2. The molecule has 1 saturated carbocycles. The van der Waals surface area contributed by atoms with Crippen molar-refractivity contribution in [1.82, 2.24) is 9.78 Å². The molecule has 1 unspecified atom stereocenters. The van der Waals surface area contributed by atoms with Crippen molar-refractivity contribution < 1.29 is 0 Å². The number of hydrogen-bond donors (Lipinski definition) is 1. The molecule has 108 valence electrons. The van der Waals surface area contributed by atoms with Crippen LogP contribution in [0, 0.1) is 5.41 Å². The van der Waals surface area contributed by atoms with E-state index in [9.17, 15) is 0 Å². The maximum atomic E-state index is 6.54. The molecule has 1 aliphatic carbocycles. The number of aromatic nitrogens is 2. The van der Waals surface area contributed by atoms with Crippen molar-refractivity contribution in [1.29, 1.82) is 0 Å². The fraction of sp³-hybridized carbons (Fsp3) is 0.800. The van der Waals surface area contributed by atoms with Crippen molar-refractivity contribution in [2.24, 2.45) is 18.2 Å². The van der Waals surface area contributed by atoms with E-state index < -0.39 is 0 Å². The van der Waals surface area contributed by atoms with Crippen molar-refractivity contribution in [3.8, 4) is 0 Å². The Morgan fingerprint density at radius 1 is 1.37 bits per heavy atom. The number of rotatable bonds is 4. The molecule has 1 atom stereocenters. The van der Waals surface area contributed by atoms with Crippen molar-refractivity contribution >= 4 is 15.9 Å². The molecule has 0 spiro atoms. The van der Waals surface area contributed by atoms with E-state index in [1.807, 2.05) is 11.7 Å². The summed E-state index contributed by atoms with van der Waals surface area (Å²) in [4.78, 5) is 0. The SMILES string of the molecule is CCc1nn(C)c(CC(N)C2(C)CCCCC2)c1Br. The van der Waals surface area contributed by atoms with E-state index in [-0.39, 0.29) is 6.04 Å². The molecule has 1 aliphatic rings. The normalized spacial score (nSPS) is 20.5. The third-order valence-electron chi connectivity index (χ3n) is 4.81. The summed E-state index contributed by atoms with van der Waals surface area (Å²) in [6.07, 6.45) is 8.45. The second-order valence-electron chi connectivity index (χ2n) is 6.21. The quantitative estimate of drug-likeness (QED) is 0.918. The Morgan fingerprint density at radius 3 is 2.53 bits per heavy atom. The van der Waals surface area contributed by atoms with E-state index in [0.29, 0.717) is 5.41 Å². The van der Waals surface area contributed by atoms with E-state index in [0.717, 1.165) is 23.0 Å². The van der Waals surface area contributed by atoms with Gasteiger partial charge in [0.2, 0.25) is 0 Å². The molecule has 1 aromatic rings. The van der Waals surface area contributed by atoms with Gasteiger partial charge in [-0.1, -0.05) is 33.1 Å². The summed E-state index contributed by atoms with van der Waals surface area (Å²) in [5.41, 5.74) is 9.23. The third kappa shape index (κ3) is 3.05. The van der Waals surface area contributed by atoms with Crippen LogP contribution in [0.5, 0.6) is 0 Å². The lowest BCUT2D eigenvalue weighted by molar-refractivity contribution is 0.167. The minimum absolute atomic E-state index is 0.226. The third-order valence-corrected chi connectivity index (χ3v) is 5.72. The maximum Gasteiger partial charge on any atom is 0.0766 e. The standard InChI is InChI=1S/C15H26BrN3/c1-4-11-14(16)12(19(3)18-11)10-13(17)15(2)8-6-5-7-9-15/h13H,4-10,17H2,1-3H3. The molecule has 1 aromatic heterocycles. The number of hydrogen-bond acceptors (Lipinski definition) is 2. The monoisotopic (exact) mass is 327 g/mol. The van der Waals surface area contributed by atoms with Crippen LogP contribution in [-0.4, -0.2) is 15.8 Å². The number of nitrogens with two attached hydrogens (primary N) is 1. The van der Waals surface area contributed by atoms with Crippen LogP contribution in [-0.2, 0) is 19.9 Å². The first-order chi connectivity index (χ1) is 8.98. The Labute approximate surface area is 125 Å². The number of aryl methyl sites for hydroxylation is 2. The summed E-state index contributed by atoms with van der Waals surface area (Å²) in [7, 11) is 2.02. The molecular formula is C15H26BrN3. The summed E-state index contributed by atoms with van der Waals surface area (Å²) in [5.74, 6) is 0. The van der Waals surface area contributed by atoms with Crippen LogP contribution in [0.25, 0.3) is 0 Å². The first-order valence-electron chi connectivity index (χ1n) is 7.43. The topological polar surface area (TPSA) is 43.8 Å². The largest absolute Gasteiger partial charge is 0.327 e. The molecule has 2 rings (SSSR count). The summed E-state index contributed by atoms with van der Waals surface area (Å²) >= 11 is 3.69. The molecule has 4 heteroatoms. The molecule has 2 N–H and O–H groups in total. The van der Waals surface area contributed by atoms with Crippen molar-refractivity contribution in [2.75, 3.05) is 0 Å². The zero-order chi connectivity index (χ0) is 14.0. The second-order valence-corrected chi connectivity index (χ2v) is 7.00. The smallest absolute Gasteiger partial charge is 0.0766 e. The van der Waals surface area contributed by atoms with Crippen LogP contribution in [0.3, 0.4) is 0 Å². The molecule has 3 nitrogen and oxygen atoms in total. The summed E-state index contributed by atoms with van der Waals surface area (Å²) in [6.45, 7) is 4.50. The van der Waals surface area contributed by atoms with Gasteiger partial charge in [-0.05, 0) is 40.6 Å². The lowest BCUT2D eigenvalue weighted by atomic mass is 9.69. The lowest BCUT2D eigenvalue weighted by Crippen LogP contribution is -2.43. The summed E-state index contributed by atoms with van der Waals surface area (Å²) < 4.78 is 3.15. The lowest BCUT2D eigenvalue weighted by Gasteiger charge is -2.39. The highest BCUT2D eigenvalue weighted by Gasteiger charge is 2.34. The molecule has 1 heterocycles. The highest BCUT2D eigenvalue weighted by Crippen LogP contribution is 2.39. The highest BCUT2D eigenvalue weighted by molar-refractivity contribution is 9.10. The molecule has 0 bridgehead atoms. The molecule has 0 amide bonds. The highest BCUT2D eigenvalue weighted by atomic mass is 79.9. The van der Waals surface area contributed by atoms with Gasteiger partial charge in [-0.3, -0.25) is 4.68 Å². The van der Waals surface area contributed by atoms with Gasteiger partial charge in [-0.15, -0.1) is 0 Å². The Balaban J connectivity index is 2.14. The summed E-state index contributed by atoms with van der Waals surface area (Å²) in [6, 6.07) is 0.226. The first kappa shape index (κ1) is 15.0. The van der Waals surface area contributed by atoms with E-state index >= 15 is 0 Å². The van der Waals surface area contributed by atoms with Crippen LogP contribution in [0.4, 0.5) is 0 Å². The van der Waals surface area contributed by atoms with E-state index in [4.69, 9.17) is 5.73 Å². The van der Waals surface area contributed by atoms with Crippen LogP contribution >= 0.6 is 15.9 Å². The molecule has 1 fully saturated rings. The van der Waals surface area contributed by atoms with Crippen LogP contribution < -0.4 is 5.73 Å². The Bertz CT molecular complexity index is 433. The van der Waals surface area contributed by atoms with E-state index in [1.54, 1.807) is 0 Å². The molecule has 0 aromatic carbocycles. The van der Waals surface area contributed by atoms with E-state index in [1.165, 1.54) is 37.8 Å². The van der Waals surface area contributed by atoms with Gasteiger partial charge in [0.1, 0.15) is 0 Å². The van der Waals surface area contributed by atoms with Crippen molar-refractivity contribution in [2.45, 2.75) is 64.8 Å². The van der Waals surface area contributed by atoms with Gasteiger partial charge < -0.3 is 5.73 Å². The van der Waals surface area contributed by atoms with Crippen molar-refractivity contribution in [3.63, 3.8) is 0 Å². The first-order valence-corrected chi connectivity index (χ1v) is 8.23. The van der Waals surface area contributed by atoms with Gasteiger partial charge >= 0.3 is 0 Å². The Kier molecular flexibility index (Phi) is 4.72. The molecule has 19 heavy (non-hydrogen) atoms. The minimum Gasteiger partial charge on any atom is -0.327 e. The predicted octanol–water partition coefficient (Wildman–Crippen LogP) is 3.59. The maximum absolute atomic E-state index is 6.54. The van der Waals surface area contributed by atoms with Crippen LogP contribution in [0.2, 0.25) is 0 Å². The van der Waals surface area contributed by atoms with Gasteiger partial charge in [0.15, 0.2) is 0 Å². The summed E-state index contributed by atoms with van der Waals surface area (Å²) in [5, 5.41) is 4.56. The molecular weight excluding hydrogens is 302 g/mol. The zero-order valence-electron chi connectivity index (χ0n) is 12.4. The van der Waals surface area contributed by atoms with E-state index in [2.05, 4.69) is 34.9 Å². The van der Waals surface area contributed by atoms with Crippen LogP contribution in [0.1, 0.15) is 57.3 Å². The Hall–Kier alpha value is -0.350. The van der Waals surface area contributed by atoms with Gasteiger partial charge in [0, 0.05) is 19.5 Å². The Morgan fingerprint density at radius 2 is 2.00 bits per heavy atom. The average Bonchev–Trinajstić information content (AvgIpc) is 2.67. The molecule has 0 saturated heterocycles. The predicted molar refractivity (Wildman–Crippen MR) is 83.2 cm³/mol. The zero-order valence-corrected chi connectivity index (χ0v) is 14.0. The van der Waals surface area contributed by atoms with Crippen LogP contribution in [0.15, 0.2) is 4.47 Å². The van der Waals surface area contributed by atoms with Gasteiger partial charge in [-0.25, -0.2) is 0 Å². The van der Waals surface area contributed by atoms with Gasteiger partial charge in [-0.2, -0.15) is 5.10 Å².